The second-order valence-corrected chi connectivity index (χ2v) is 4.54. The molecule has 0 aliphatic heterocycles. The molecule has 0 bridgehead atoms. The van der Waals surface area contributed by atoms with Crippen LogP contribution in [0.25, 0.3) is 0 Å². The summed E-state index contributed by atoms with van der Waals surface area (Å²) in [5.74, 6) is -0.566. The highest BCUT2D eigenvalue weighted by Gasteiger charge is 2.10. The summed E-state index contributed by atoms with van der Waals surface area (Å²) in [4.78, 5) is 13.7. The van der Waals surface area contributed by atoms with Crippen molar-refractivity contribution in [1.82, 2.24) is 0 Å². The lowest BCUT2D eigenvalue weighted by Crippen LogP contribution is -2.30. The summed E-state index contributed by atoms with van der Waals surface area (Å²) in [5, 5.41) is 11.7. The third-order valence-electron chi connectivity index (χ3n) is 2.97. The average Bonchev–Trinajstić information content (AvgIpc) is 2.48. The summed E-state index contributed by atoms with van der Waals surface area (Å²) in [7, 11) is 1.74. The van der Waals surface area contributed by atoms with Crippen molar-refractivity contribution in [3.63, 3.8) is 0 Å². The Morgan fingerprint density at radius 2 is 1.90 bits per heavy atom. The fraction of sp³-hybridized carbons (Fsp3) is 0.125. The Labute approximate surface area is 122 Å². The van der Waals surface area contributed by atoms with Gasteiger partial charge in [-0.25, -0.2) is 4.39 Å². The Morgan fingerprint density at radius 1 is 1.24 bits per heavy atom. The van der Waals surface area contributed by atoms with Crippen LogP contribution in [0.2, 0.25) is 0 Å². The van der Waals surface area contributed by atoms with Crippen molar-refractivity contribution in [3.8, 4) is 6.07 Å². The number of hydrogen-bond acceptors (Lipinski definition) is 3. The van der Waals surface area contributed by atoms with Crippen LogP contribution in [0.5, 0.6) is 0 Å². The lowest BCUT2D eigenvalue weighted by molar-refractivity contribution is -0.114. The summed E-state index contributed by atoms with van der Waals surface area (Å²) in [5.41, 5.74) is 1.63. The number of likely N-dealkylation sites (N-methyl/N-ethyl adjacent to an activating group) is 1. The molecule has 0 spiro atoms. The van der Waals surface area contributed by atoms with Crippen molar-refractivity contribution in [3.05, 3.63) is 59.9 Å². The molecule has 0 aromatic heterocycles. The van der Waals surface area contributed by atoms with Crippen molar-refractivity contribution < 1.29 is 9.18 Å². The molecule has 2 aromatic carbocycles. The maximum Gasteiger partial charge on any atom is 0.243 e. The first kappa shape index (κ1) is 14.5. The number of para-hydroxylation sites is 1. The number of amides is 1. The third-order valence-corrected chi connectivity index (χ3v) is 2.97. The van der Waals surface area contributed by atoms with E-state index in [0.29, 0.717) is 11.3 Å². The minimum atomic E-state index is -0.320. The minimum Gasteiger partial charge on any atom is -0.365 e. The molecule has 5 heteroatoms. The molecule has 0 unspecified atom stereocenters. The van der Waals surface area contributed by atoms with E-state index in [9.17, 15) is 9.18 Å². The highest BCUT2D eigenvalue weighted by Crippen LogP contribution is 2.15. The van der Waals surface area contributed by atoms with Gasteiger partial charge < -0.3 is 10.2 Å². The average molecular weight is 283 g/mol. The molecule has 2 rings (SSSR count). The highest BCUT2D eigenvalue weighted by atomic mass is 19.1. The summed E-state index contributed by atoms with van der Waals surface area (Å²) >= 11 is 0. The summed E-state index contributed by atoms with van der Waals surface area (Å²) < 4.78 is 12.9. The van der Waals surface area contributed by atoms with Crippen molar-refractivity contribution in [2.24, 2.45) is 0 Å². The predicted octanol–water partition coefficient (Wildman–Crippen LogP) is 2.77. The first-order valence-electron chi connectivity index (χ1n) is 6.36. The van der Waals surface area contributed by atoms with Crippen molar-refractivity contribution in [2.45, 2.75) is 0 Å². The molecule has 0 atom stereocenters. The van der Waals surface area contributed by atoms with E-state index in [1.165, 1.54) is 12.1 Å². The zero-order chi connectivity index (χ0) is 15.2. The lowest BCUT2D eigenvalue weighted by atomic mass is 10.2. The van der Waals surface area contributed by atoms with Crippen molar-refractivity contribution >= 4 is 17.3 Å². The summed E-state index contributed by atoms with van der Waals surface area (Å²) in [6.07, 6.45) is 0. The summed E-state index contributed by atoms with van der Waals surface area (Å²) in [6.45, 7) is 0.103. The van der Waals surface area contributed by atoms with Gasteiger partial charge in [0.25, 0.3) is 0 Å². The molecule has 0 radical (unpaired) electrons. The number of nitrogens with zero attached hydrogens (tertiary/aromatic N) is 2. The molecule has 4 nitrogen and oxygen atoms in total. The van der Waals surface area contributed by atoms with Crippen LogP contribution < -0.4 is 10.2 Å². The number of carbonyl (C=O) groups is 1. The van der Waals surface area contributed by atoms with Gasteiger partial charge in [-0.15, -0.1) is 0 Å². The Bertz CT molecular complexity index is 677. The SMILES string of the molecule is CN(CC(=O)Nc1ccccc1C#N)c1ccc(F)cc1. The van der Waals surface area contributed by atoms with Crippen LogP contribution in [0.15, 0.2) is 48.5 Å². The Balaban J connectivity index is 2.01. The van der Waals surface area contributed by atoms with Crippen LogP contribution in [-0.4, -0.2) is 19.5 Å². The smallest absolute Gasteiger partial charge is 0.243 e. The van der Waals surface area contributed by atoms with Crippen LogP contribution in [0.4, 0.5) is 15.8 Å². The topological polar surface area (TPSA) is 56.1 Å². The first-order chi connectivity index (χ1) is 10.1. The van der Waals surface area contributed by atoms with E-state index in [1.807, 2.05) is 6.07 Å². The standard InChI is InChI=1S/C16H14FN3O/c1-20(14-8-6-13(17)7-9-14)11-16(21)19-15-5-3-2-4-12(15)10-18/h2-9H,11H2,1H3,(H,19,21). The van der Waals surface area contributed by atoms with Gasteiger partial charge in [0.1, 0.15) is 11.9 Å². The third kappa shape index (κ3) is 3.80. The largest absolute Gasteiger partial charge is 0.365 e. The lowest BCUT2D eigenvalue weighted by Gasteiger charge is -2.18. The first-order valence-corrected chi connectivity index (χ1v) is 6.36. The van der Waals surface area contributed by atoms with Crippen LogP contribution in [0.3, 0.4) is 0 Å². The number of halogens is 1. The number of nitriles is 1. The van der Waals surface area contributed by atoms with Gasteiger partial charge in [-0.1, -0.05) is 12.1 Å². The number of rotatable bonds is 4. The fourth-order valence-corrected chi connectivity index (χ4v) is 1.88. The van der Waals surface area contributed by atoms with Gasteiger partial charge in [-0.2, -0.15) is 5.26 Å². The Kier molecular flexibility index (Phi) is 4.52. The molecule has 21 heavy (non-hydrogen) atoms. The van der Waals surface area contributed by atoms with E-state index in [4.69, 9.17) is 5.26 Å². The number of nitrogens with one attached hydrogen (secondary N) is 1. The number of hydrogen-bond donors (Lipinski definition) is 1. The molecule has 106 valence electrons. The van der Waals surface area contributed by atoms with E-state index in [0.717, 1.165) is 5.69 Å². The van der Waals surface area contributed by atoms with E-state index in [2.05, 4.69) is 5.32 Å². The second kappa shape index (κ2) is 6.53. The normalized spacial score (nSPS) is 9.76. The van der Waals surface area contributed by atoms with E-state index in [1.54, 1.807) is 48.3 Å². The van der Waals surface area contributed by atoms with E-state index < -0.39 is 0 Å². The Morgan fingerprint density at radius 3 is 2.57 bits per heavy atom. The predicted molar refractivity (Wildman–Crippen MR) is 79.5 cm³/mol. The quantitative estimate of drug-likeness (QED) is 0.938. The molecular weight excluding hydrogens is 269 g/mol. The second-order valence-electron chi connectivity index (χ2n) is 4.54. The maximum atomic E-state index is 12.9. The number of benzene rings is 2. The van der Waals surface area contributed by atoms with Gasteiger partial charge in [0.2, 0.25) is 5.91 Å². The van der Waals surface area contributed by atoms with Gasteiger partial charge in [0, 0.05) is 12.7 Å². The molecule has 0 aliphatic carbocycles. The van der Waals surface area contributed by atoms with Crippen LogP contribution >= 0.6 is 0 Å². The molecular formula is C16H14FN3O. The maximum absolute atomic E-state index is 12.9. The van der Waals surface area contributed by atoms with Gasteiger partial charge in [0.15, 0.2) is 0 Å². The van der Waals surface area contributed by atoms with Crippen LogP contribution in [0.1, 0.15) is 5.56 Å². The highest BCUT2D eigenvalue weighted by molar-refractivity contribution is 5.95. The van der Waals surface area contributed by atoms with Crippen LogP contribution in [-0.2, 0) is 4.79 Å². The fourth-order valence-electron chi connectivity index (χ4n) is 1.88. The molecule has 2 aromatic rings. The van der Waals surface area contributed by atoms with Crippen molar-refractivity contribution in [2.75, 3.05) is 23.8 Å². The zero-order valence-electron chi connectivity index (χ0n) is 11.5. The molecule has 0 saturated carbocycles. The van der Waals surface area contributed by atoms with E-state index >= 15 is 0 Å². The van der Waals surface area contributed by atoms with Gasteiger partial charge in [-0.05, 0) is 36.4 Å². The minimum absolute atomic E-state index is 0.103. The molecule has 0 saturated heterocycles. The van der Waals surface area contributed by atoms with Gasteiger partial charge >= 0.3 is 0 Å². The zero-order valence-corrected chi connectivity index (χ0v) is 11.5. The summed E-state index contributed by atoms with van der Waals surface area (Å²) in [6, 6.07) is 14.7. The number of carbonyl (C=O) groups excluding carboxylic acids is 1. The molecule has 0 aliphatic rings. The molecule has 1 N–H and O–H groups in total. The monoisotopic (exact) mass is 283 g/mol. The molecule has 0 fully saturated rings. The van der Waals surface area contributed by atoms with Gasteiger partial charge in [0.05, 0.1) is 17.8 Å². The van der Waals surface area contributed by atoms with Crippen molar-refractivity contribution in [1.29, 1.82) is 5.26 Å². The Hall–Kier alpha value is -2.87. The molecule has 1 amide bonds. The van der Waals surface area contributed by atoms with Crippen LogP contribution in [0, 0.1) is 17.1 Å². The van der Waals surface area contributed by atoms with E-state index in [-0.39, 0.29) is 18.3 Å². The number of anilines is 2. The molecule has 0 heterocycles. The van der Waals surface area contributed by atoms with Gasteiger partial charge in [-0.3, -0.25) is 4.79 Å².